The van der Waals surface area contributed by atoms with Crippen molar-refractivity contribution in [1.82, 2.24) is 5.32 Å². The molecule has 2 atom stereocenters. The quantitative estimate of drug-likeness (QED) is 0.668. The molecule has 0 aromatic heterocycles. The molecule has 0 saturated carbocycles. The van der Waals surface area contributed by atoms with E-state index in [4.69, 9.17) is 9.47 Å². The number of hydrogen-bond donors (Lipinski definition) is 1. The predicted molar refractivity (Wildman–Crippen MR) is 77.5 cm³/mol. The van der Waals surface area contributed by atoms with Gasteiger partial charge in [0.05, 0.1) is 6.04 Å². The van der Waals surface area contributed by atoms with Crippen molar-refractivity contribution in [2.45, 2.75) is 38.5 Å². The molecule has 1 aromatic carbocycles. The van der Waals surface area contributed by atoms with E-state index in [2.05, 4.69) is 5.32 Å². The molecule has 0 radical (unpaired) electrons. The molecule has 112 valence electrons. The fourth-order valence-corrected chi connectivity index (χ4v) is 2.03. The molecule has 0 aliphatic heterocycles. The van der Waals surface area contributed by atoms with Crippen molar-refractivity contribution in [2.75, 3.05) is 0 Å². The lowest BCUT2D eigenvalue weighted by atomic mass is 10.2. The average molecular weight is 289 g/mol. The Morgan fingerprint density at radius 1 is 1.24 bits per heavy atom. The fraction of sp³-hybridized carbons (Fsp3) is 0.375. The van der Waals surface area contributed by atoms with Gasteiger partial charge in [-0.15, -0.1) is 0 Å². The van der Waals surface area contributed by atoms with Gasteiger partial charge in [0, 0.05) is 12.8 Å². The Balaban J connectivity index is 1.70. The van der Waals surface area contributed by atoms with Crippen LogP contribution in [0.3, 0.4) is 0 Å². The van der Waals surface area contributed by atoms with Gasteiger partial charge in [0.25, 0.3) is 0 Å². The van der Waals surface area contributed by atoms with Crippen molar-refractivity contribution < 1.29 is 19.1 Å². The summed E-state index contributed by atoms with van der Waals surface area (Å²) in [7, 11) is 0. The third-order valence-electron chi connectivity index (χ3n) is 3.13. The van der Waals surface area contributed by atoms with Gasteiger partial charge in [-0.1, -0.05) is 43.3 Å². The van der Waals surface area contributed by atoms with Gasteiger partial charge < -0.3 is 14.8 Å². The lowest BCUT2D eigenvalue weighted by molar-refractivity contribution is -0.146. The number of carbonyl (C=O) groups is 2. The minimum Gasteiger partial charge on any atom is -0.458 e. The van der Waals surface area contributed by atoms with Gasteiger partial charge in [0.1, 0.15) is 12.7 Å². The lowest BCUT2D eigenvalue weighted by Crippen LogP contribution is -2.34. The highest BCUT2D eigenvalue weighted by atomic mass is 16.6. The van der Waals surface area contributed by atoms with E-state index in [0.29, 0.717) is 12.8 Å². The first-order valence-electron chi connectivity index (χ1n) is 7.02. The summed E-state index contributed by atoms with van der Waals surface area (Å²) >= 11 is 0. The van der Waals surface area contributed by atoms with Gasteiger partial charge in [0.15, 0.2) is 0 Å². The summed E-state index contributed by atoms with van der Waals surface area (Å²) in [5.74, 6) is -0.239. The van der Waals surface area contributed by atoms with E-state index in [-0.39, 0.29) is 24.7 Å². The Hall–Kier alpha value is -2.30. The first kappa shape index (κ1) is 15.1. The normalized spacial score (nSPS) is 20.0. The number of alkyl carbamates (subject to hydrolysis) is 1. The zero-order valence-corrected chi connectivity index (χ0v) is 12.0. The average Bonchev–Trinajstić information content (AvgIpc) is 2.93. The van der Waals surface area contributed by atoms with Crippen LogP contribution in [0.25, 0.3) is 0 Å². The minimum absolute atomic E-state index is 0.164. The second kappa shape index (κ2) is 7.47. The van der Waals surface area contributed by atoms with E-state index < -0.39 is 6.09 Å². The minimum atomic E-state index is -0.476. The Morgan fingerprint density at radius 3 is 2.71 bits per heavy atom. The summed E-state index contributed by atoms with van der Waals surface area (Å²) in [4.78, 5) is 22.9. The third kappa shape index (κ3) is 4.95. The monoisotopic (exact) mass is 289 g/mol. The molecule has 1 N–H and O–H groups in total. The molecule has 0 bridgehead atoms. The van der Waals surface area contributed by atoms with Crippen LogP contribution in [-0.2, 0) is 20.9 Å². The van der Waals surface area contributed by atoms with Crippen LogP contribution in [0.1, 0.15) is 25.3 Å². The fourth-order valence-electron chi connectivity index (χ4n) is 2.03. The van der Waals surface area contributed by atoms with Gasteiger partial charge in [-0.2, -0.15) is 0 Å². The molecule has 1 amide bonds. The van der Waals surface area contributed by atoms with E-state index in [0.717, 1.165) is 5.56 Å². The largest absolute Gasteiger partial charge is 0.458 e. The smallest absolute Gasteiger partial charge is 0.407 e. The number of rotatable bonds is 5. The van der Waals surface area contributed by atoms with Gasteiger partial charge in [0.2, 0.25) is 0 Å². The van der Waals surface area contributed by atoms with Crippen LogP contribution in [-0.4, -0.2) is 24.2 Å². The number of esters is 1. The van der Waals surface area contributed by atoms with Crippen molar-refractivity contribution in [2.24, 2.45) is 0 Å². The molecule has 0 saturated heterocycles. The Morgan fingerprint density at radius 2 is 2.00 bits per heavy atom. The van der Waals surface area contributed by atoms with E-state index in [9.17, 15) is 9.59 Å². The summed E-state index contributed by atoms with van der Waals surface area (Å²) in [6.07, 6.45) is 3.76. The van der Waals surface area contributed by atoms with Crippen molar-refractivity contribution in [1.29, 1.82) is 0 Å². The number of benzene rings is 1. The molecule has 0 fully saturated rings. The summed E-state index contributed by atoms with van der Waals surface area (Å²) < 4.78 is 10.3. The Labute approximate surface area is 123 Å². The van der Waals surface area contributed by atoms with Crippen LogP contribution in [0.15, 0.2) is 42.5 Å². The molecule has 1 aromatic rings. The number of hydrogen-bond acceptors (Lipinski definition) is 4. The molecule has 5 heteroatoms. The second-order valence-electron chi connectivity index (χ2n) is 4.82. The summed E-state index contributed by atoms with van der Waals surface area (Å²) in [5, 5.41) is 2.73. The van der Waals surface area contributed by atoms with Crippen molar-refractivity contribution >= 4 is 12.1 Å². The van der Waals surface area contributed by atoms with E-state index in [1.54, 1.807) is 13.0 Å². The molecular formula is C16H19NO4. The number of amides is 1. The maximum absolute atomic E-state index is 11.7. The number of carbonyl (C=O) groups excluding carboxylic acids is 2. The standard InChI is InChI=1S/C16H19NO4/c1-2-15(18)21-14-9-8-13(10-14)17-16(19)20-11-12-6-4-3-5-7-12/h3-9,13-14H,2,10-11H2,1H3,(H,17,19)/t13-,14+/m1/s1. The van der Waals surface area contributed by atoms with Gasteiger partial charge >= 0.3 is 12.1 Å². The molecular weight excluding hydrogens is 270 g/mol. The first-order valence-corrected chi connectivity index (χ1v) is 7.02. The highest BCUT2D eigenvalue weighted by Gasteiger charge is 2.23. The van der Waals surface area contributed by atoms with Gasteiger partial charge in [-0.3, -0.25) is 4.79 Å². The highest BCUT2D eigenvalue weighted by molar-refractivity contribution is 5.70. The second-order valence-corrected chi connectivity index (χ2v) is 4.82. The molecule has 21 heavy (non-hydrogen) atoms. The maximum atomic E-state index is 11.7. The van der Waals surface area contributed by atoms with Crippen LogP contribution in [0, 0.1) is 0 Å². The van der Waals surface area contributed by atoms with Crippen LogP contribution in [0.2, 0.25) is 0 Å². The zero-order valence-electron chi connectivity index (χ0n) is 12.0. The zero-order chi connectivity index (χ0) is 15.1. The molecule has 1 aliphatic carbocycles. The Kier molecular flexibility index (Phi) is 5.37. The van der Waals surface area contributed by atoms with E-state index >= 15 is 0 Å². The Bertz CT molecular complexity index is 512. The topological polar surface area (TPSA) is 64.6 Å². The van der Waals surface area contributed by atoms with Gasteiger partial charge in [-0.05, 0) is 11.6 Å². The van der Waals surface area contributed by atoms with Crippen LogP contribution in [0.5, 0.6) is 0 Å². The number of nitrogens with one attached hydrogen (secondary N) is 1. The maximum Gasteiger partial charge on any atom is 0.407 e. The molecule has 0 heterocycles. The summed E-state index contributed by atoms with van der Waals surface area (Å²) in [5.41, 5.74) is 0.935. The number of ether oxygens (including phenoxy) is 2. The SMILES string of the molecule is CCC(=O)O[C@H]1C=C[C@@H](NC(=O)OCc2ccccc2)C1. The molecule has 5 nitrogen and oxygen atoms in total. The summed E-state index contributed by atoms with van der Waals surface area (Å²) in [6, 6.07) is 9.31. The summed E-state index contributed by atoms with van der Waals surface area (Å²) in [6.45, 7) is 1.98. The van der Waals surface area contributed by atoms with E-state index in [1.807, 2.05) is 36.4 Å². The van der Waals surface area contributed by atoms with Crippen LogP contribution in [0.4, 0.5) is 4.79 Å². The van der Waals surface area contributed by atoms with Crippen molar-refractivity contribution in [3.63, 3.8) is 0 Å². The van der Waals surface area contributed by atoms with Crippen LogP contribution < -0.4 is 5.32 Å². The third-order valence-corrected chi connectivity index (χ3v) is 3.13. The van der Waals surface area contributed by atoms with Crippen LogP contribution >= 0.6 is 0 Å². The lowest BCUT2D eigenvalue weighted by Gasteiger charge is -2.14. The van der Waals surface area contributed by atoms with Gasteiger partial charge in [-0.25, -0.2) is 4.79 Å². The molecule has 0 unspecified atom stereocenters. The first-order chi connectivity index (χ1) is 10.2. The van der Waals surface area contributed by atoms with E-state index in [1.165, 1.54) is 0 Å². The molecule has 0 spiro atoms. The van der Waals surface area contributed by atoms with Crippen molar-refractivity contribution in [3.8, 4) is 0 Å². The molecule has 1 aliphatic rings. The molecule has 2 rings (SSSR count). The van der Waals surface area contributed by atoms with Crippen molar-refractivity contribution in [3.05, 3.63) is 48.0 Å². The predicted octanol–water partition coefficient (Wildman–Crippen LogP) is 2.56. The highest BCUT2D eigenvalue weighted by Crippen LogP contribution is 2.15.